The van der Waals surface area contributed by atoms with E-state index < -0.39 is 31.5 Å². The molecule has 0 heterocycles. The Labute approximate surface area is 169 Å². The van der Waals surface area contributed by atoms with Gasteiger partial charge in [-0.25, -0.2) is 9.59 Å². The lowest BCUT2D eigenvalue weighted by molar-refractivity contribution is -0.151. The Bertz CT molecular complexity index is 733. The molecule has 0 aliphatic carbocycles. The number of allylic oxidation sites excluding steroid dienone is 1. The van der Waals surface area contributed by atoms with Gasteiger partial charge in [-0.15, -0.1) is 0 Å². The number of alkyl carbamates (subject to hydrolysis) is 1. The fourth-order valence-corrected chi connectivity index (χ4v) is 1.94. The first-order valence-corrected chi connectivity index (χ1v) is 8.74. The molecule has 156 valence electrons. The maximum absolute atomic E-state index is 11.8. The molecule has 0 bridgehead atoms. The van der Waals surface area contributed by atoms with Crippen molar-refractivity contribution in [1.29, 1.82) is 0 Å². The lowest BCUT2D eigenvalue weighted by Gasteiger charge is -2.16. The zero-order chi connectivity index (χ0) is 21.5. The highest BCUT2D eigenvalue weighted by atomic mass is 16.7. The van der Waals surface area contributed by atoms with Gasteiger partial charge in [-0.05, 0) is 11.6 Å². The Hall–Kier alpha value is -3.62. The van der Waals surface area contributed by atoms with E-state index in [1.807, 2.05) is 18.2 Å². The topological polar surface area (TPSA) is 107 Å². The van der Waals surface area contributed by atoms with Crippen molar-refractivity contribution in [3.63, 3.8) is 0 Å². The van der Waals surface area contributed by atoms with Crippen LogP contribution >= 0.6 is 0 Å². The van der Waals surface area contributed by atoms with Crippen molar-refractivity contribution in [2.45, 2.75) is 13.0 Å². The smallest absolute Gasteiger partial charge is 0.412 e. The third-order valence-corrected chi connectivity index (χ3v) is 3.50. The van der Waals surface area contributed by atoms with Crippen LogP contribution in [0.3, 0.4) is 0 Å². The van der Waals surface area contributed by atoms with E-state index in [1.165, 1.54) is 18.1 Å². The van der Waals surface area contributed by atoms with E-state index in [0.29, 0.717) is 18.7 Å². The fourth-order valence-electron chi connectivity index (χ4n) is 1.94. The van der Waals surface area contributed by atoms with Crippen LogP contribution in [0.5, 0.6) is 0 Å². The second kappa shape index (κ2) is 13.5. The molecular formula is C20H25N3O6. The number of nitrogens with one attached hydrogen (secondary N) is 1. The van der Waals surface area contributed by atoms with Crippen LogP contribution in [0.25, 0.3) is 0 Å². The second-order valence-corrected chi connectivity index (χ2v) is 5.64. The van der Waals surface area contributed by atoms with Gasteiger partial charge in [0, 0.05) is 31.9 Å². The summed E-state index contributed by atoms with van der Waals surface area (Å²) in [5.41, 5.74) is 1.49. The van der Waals surface area contributed by atoms with E-state index in [-0.39, 0.29) is 6.61 Å². The largest absolute Gasteiger partial charge is 0.445 e. The van der Waals surface area contributed by atoms with Crippen molar-refractivity contribution in [1.82, 2.24) is 10.2 Å². The summed E-state index contributed by atoms with van der Waals surface area (Å²) < 4.78 is 14.5. The van der Waals surface area contributed by atoms with Gasteiger partial charge in [0.05, 0.1) is 0 Å². The van der Waals surface area contributed by atoms with E-state index in [1.54, 1.807) is 18.2 Å². The van der Waals surface area contributed by atoms with Crippen LogP contribution in [0, 0.1) is 0 Å². The molecule has 9 heteroatoms. The molecule has 1 aromatic carbocycles. The number of nitrogens with zero attached hydrogens (tertiary/aromatic N) is 2. The maximum atomic E-state index is 11.8. The number of benzene rings is 1. The van der Waals surface area contributed by atoms with Crippen molar-refractivity contribution in [2.24, 2.45) is 4.99 Å². The normalized spacial score (nSPS) is 10.4. The van der Waals surface area contributed by atoms with Gasteiger partial charge in [0.2, 0.25) is 6.79 Å². The van der Waals surface area contributed by atoms with Gasteiger partial charge in [0.15, 0.2) is 0 Å². The van der Waals surface area contributed by atoms with Gasteiger partial charge in [0.25, 0.3) is 0 Å². The van der Waals surface area contributed by atoms with Crippen molar-refractivity contribution in [3.05, 3.63) is 61.3 Å². The molecule has 1 N–H and O–H groups in total. The van der Waals surface area contributed by atoms with Gasteiger partial charge < -0.3 is 24.4 Å². The Morgan fingerprint density at radius 3 is 2.52 bits per heavy atom. The van der Waals surface area contributed by atoms with Gasteiger partial charge in [-0.1, -0.05) is 43.5 Å². The summed E-state index contributed by atoms with van der Waals surface area (Å²) in [7, 11) is 1.53. The van der Waals surface area contributed by atoms with Crippen LogP contribution in [0.4, 0.5) is 9.59 Å². The monoisotopic (exact) mass is 403 g/mol. The minimum atomic E-state index is -0.774. The third kappa shape index (κ3) is 10.3. The van der Waals surface area contributed by atoms with Crippen LogP contribution in [0.2, 0.25) is 0 Å². The number of hydrogen-bond donors (Lipinski definition) is 1. The summed E-state index contributed by atoms with van der Waals surface area (Å²) in [6.07, 6.45) is 1.99. The van der Waals surface area contributed by atoms with Crippen molar-refractivity contribution in [3.8, 4) is 0 Å². The van der Waals surface area contributed by atoms with Crippen molar-refractivity contribution in [2.75, 3.05) is 26.9 Å². The van der Waals surface area contributed by atoms with E-state index in [2.05, 4.69) is 23.5 Å². The second-order valence-electron chi connectivity index (χ2n) is 5.64. The van der Waals surface area contributed by atoms with Gasteiger partial charge in [-0.3, -0.25) is 9.79 Å². The minimum Gasteiger partial charge on any atom is -0.445 e. The molecule has 0 aliphatic heterocycles. The first-order valence-electron chi connectivity index (χ1n) is 8.74. The predicted molar refractivity (Wildman–Crippen MR) is 107 cm³/mol. The number of rotatable bonds is 11. The van der Waals surface area contributed by atoms with Crippen molar-refractivity contribution < 1.29 is 28.6 Å². The molecule has 29 heavy (non-hydrogen) atoms. The number of esters is 1. The zero-order valence-electron chi connectivity index (χ0n) is 16.3. The molecule has 0 aromatic heterocycles. The van der Waals surface area contributed by atoms with Crippen molar-refractivity contribution >= 4 is 23.9 Å². The Morgan fingerprint density at radius 2 is 1.86 bits per heavy atom. The van der Waals surface area contributed by atoms with Gasteiger partial charge in [0.1, 0.15) is 13.2 Å². The summed E-state index contributed by atoms with van der Waals surface area (Å²) in [6.45, 7) is 6.54. The average Bonchev–Trinajstić information content (AvgIpc) is 2.74. The van der Waals surface area contributed by atoms with E-state index in [4.69, 9.17) is 14.2 Å². The molecule has 0 saturated heterocycles. The summed E-state index contributed by atoms with van der Waals surface area (Å²) in [5.74, 6) is -0.774. The van der Waals surface area contributed by atoms with Crippen LogP contribution < -0.4 is 5.32 Å². The lowest BCUT2D eigenvalue weighted by atomic mass is 10.2. The number of carbonyl (C=O) groups excluding carboxylic acids is 3. The Balaban J connectivity index is 2.18. The van der Waals surface area contributed by atoms with Crippen LogP contribution in [0.1, 0.15) is 12.0 Å². The molecule has 9 nitrogen and oxygen atoms in total. The quantitative estimate of drug-likeness (QED) is 0.346. The van der Waals surface area contributed by atoms with Crippen LogP contribution in [-0.2, 0) is 25.6 Å². The number of hydrogen-bond acceptors (Lipinski definition) is 7. The molecule has 1 rings (SSSR count). The summed E-state index contributed by atoms with van der Waals surface area (Å²) >= 11 is 0. The SMILES string of the molecule is C=CN=C(C=C)CCN(C)C(=O)OCOC(=O)CNC(=O)OCc1ccccc1. The molecule has 0 saturated carbocycles. The summed E-state index contributed by atoms with van der Waals surface area (Å²) in [5, 5.41) is 2.25. The summed E-state index contributed by atoms with van der Waals surface area (Å²) in [4.78, 5) is 40.2. The molecule has 1 aromatic rings. The number of ether oxygens (including phenoxy) is 3. The molecular weight excluding hydrogens is 378 g/mol. The van der Waals surface area contributed by atoms with Gasteiger partial charge >= 0.3 is 18.2 Å². The van der Waals surface area contributed by atoms with E-state index >= 15 is 0 Å². The third-order valence-electron chi connectivity index (χ3n) is 3.50. The lowest BCUT2D eigenvalue weighted by Crippen LogP contribution is -2.33. The minimum absolute atomic E-state index is 0.0801. The van der Waals surface area contributed by atoms with E-state index in [9.17, 15) is 14.4 Å². The average molecular weight is 403 g/mol. The Morgan fingerprint density at radius 1 is 1.14 bits per heavy atom. The molecule has 0 spiro atoms. The molecule has 0 fully saturated rings. The fraction of sp³-hybridized carbons (Fsp3) is 0.300. The highest BCUT2D eigenvalue weighted by Crippen LogP contribution is 2.00. The molecule has 0 radical (unpaired) electrons. The predicted octanol–water partition coefficient (Wildman–Crippen LogP) is 2.64. The van der Waals surface area contributed by atoms with E-state index in [0.717, 1.165) is 5.56 Å². The Kier molecular flexibility index (Phi) is 10.9. The van der Waals surface area contributed by atoms with Crippen LogP contribution in [-0.4, -0.2) is 55.7 Å². The highest BCUT2D eigenvalue weighted by molar-refractivity contribution is 5.95. The molecule has 0 unspecified atom stereocenters. The van der Waals surface area contributed by atoms with Crippen LogP contribution in [0.15, 0.2) is 60.8 Å². The maximum Gasteiger partial charge on any atom is 0.412 e. The molecule has 0 aliphatic rings. The number of amides is 2. The zero-order valence-corrected chi connectivity index (χ0v) is 16.3. The summed E-state index contributed by atoms with van der Waals surface area (Å²) in [6, 6.07) is 9.09. The first kappa shape index (κ1) is 23.4. The standard InChI is InChI=1S/C20H25N3O6/c1-4-17(21-5-2)11-12-23(3)20(26)29-15-28-18(24)13-22-19(25)27-14-16-9-7-6-8-10-16/h4-10H,1-2,11-15H2,3H3,(H,22,25). The number of carbonyl (C=O) groups is 3. The number of aliphatic imine (C=N–C) groups is 1. The first-order chi connectivity index (χ1) is 14.0. The molecule has 2 amide bonds. The highest BCUT2D eigenvalue weighted by Gasteiger charge is 2.12. The molecule has 0 atom stereocenters. The van der Waals surface area contributed by atoms with Gasteiger partial charge in [-0.2, -0.15) is 0 Å².